The van der Waals surface area contributed by atoms with Crippen LogP contribution in [0.3, 0.4) is 0 Å². The number of para-hydroxylation sites is 1. The van der Waals surface area contributed by atoms with Crippen molar-refractivity contribution in [3.05, 3.63) is 84.5 Å². The van der Waals surface area contributed by atoms with Gasteiger partial charge in [-0.1, -0.05) is 49.4 Å². The van der Waals surface area contributed by atoms with Crippen LogP contribution in [0.4, 0.5) is 0 Å². The maximum atomic E-state index is 13.9. The molecule has 0 fully saturated rings. The summed E-state index contributed by atoms with van der Waals surface area (Å²) in [6.07, 6.45) is 1.75. The van der Waals surface area contributed by atoms with E-state index in [-0.39, 0.29) is 35.2 Å². The Bertz CT molecular complexity index is 1630. The van der Waals surface area contributed by atoms with E-state index < -0.39 is 18.0 Å². The van der Waals surface area contributed by atoms with Crippen molar-refractivity contribution in [2.45, 2.75) is 33.7 Å². The van der Waals surface area contributed by atoms with Crippen molar-refractivity contribution in [2.75, 3.05) is 20.8 Å². The largest absolute Gasteiger partial charge is 0.496 e. The molecule has 4 rings (SSSR count). The first-order chi connectivity index (χ1) is 18.6. The highest BCUT2D eigenvalue weighted by atomic mass is 32.1. The highest BCUT2D eigenvalue weighted by molar-refractivity contribution is 7.07. The molecule has 1 atom stereocenters. The van der Waals surface area contributed by atoms with Crippen LogP contribution < -0.4 is 29.1 Å². The van der Waals surface area contributed by atoms with Gasteiger partial charge in [-0.15, -0.1) is 0 Å². The molecule has 9 nitrogen and oxygen atoms in total. The van der Waals surface area contributed by atoms with E-state index in [1.165, 1.54) is 29.9 Å². The number of methoxy groups -OCH3 is 2. The van der Waals surface area contributed by atoms with Crippen LogP contribution in [0.5, 0.6) is 17.2 Å². The zero-order valence-electron chi connectivity index (χ0n) is 22.6. The minimum atomic E-state index is -0.846. The Morgan fingerprint density at radius 3 is 2.46 bits per heavy atom. The molecule has 1 aliphatic heterocycles. The molecule has 204 valence electrons. The van der Waals surface area contributed by atoms with Gasteiger partial charge in [0.05, 0.1) is 42.7 Å². The van der Waals surface area contributed by atoms with Crippen LogP contribution in [0.1, 0.15) is 44.9 Å². The first-order valence-corrected chi connectivity index (χ1v) is 13.1. The lowest BCUT2D eigenvalue weighted by atomic mass is 9.95. The van der Waals surface area contributed by atoms with E-state index in [1.54, 1.807) is 38.3 Å². The summed E-state index contributed by atoms with van der Waals surface area (Å²) >= 11 is 1.22. The van der Waals surface area contributed by atoms with E-state index >= 15 is 0 Å². The second-order valence-electron chi connectivity index (χ2n) is 9.32. The molecular weight excluding hydrogens is 520 g/mol. The van der Waals surface area contributed by atoms with Crippen molar-refractivity contribution in [1.82, 2.24) is 4.57 Å². The van der Waals surface area contributed by atoms with Crippen LogP contribution in [0, 0.1) is 5.92 Å². The number of rotatable bonds is 8. The quantitative estimate of drug-likeness (QED) is 0.313. The second-order valence-corrected chi connectivity index (χ2v) is 10.3. The minimum Gasteiger partial charge on any atom is -0.496 e. The number of hydrogen-bond acceptors (Lipinski definition) is 9. The molecule has 3 aromatic rings. The number of carbonyl (C=O) groups excluding carboxylic acids is 2. The van der Waals surface area contributed by atoms with Gasteiger partial charge < -0.3 is 18.9 Å². The maximum absolute atomic E-state index is 13.9. The van der Waals surface area contributed by atoms with Gasteiger partial charge in [0.25, 0.3) is 5.56 Å². The predicted molar refractivity (Wildman–Crippen MR) is 147 cm³/mol. The number of aromatic nitrogens is 1. The van der Waals surface area contributed by atoms with Gasteiger partial charge in [0.2, 0.25) is 0 Å². The van der Waals surface area contributed by atoms with E-state index in [0.29, 0.717) is 26.3 Å². The summed E-state index contributed by atoms with van der Waals surface area (Å²) in [6, 6.07) is 11.4. The molecule has 0 amide bonds. The molecular formula is C29H30N2O7S. The standard InChI is InChI=1S/C29H30N2O7S/c1-16(2)15-37-28(34)25-17(3)30-29-31(26(25)20-11-12-22(38-18(4)32)23(13-20)36-6)27(33)24(39-29)14-19-9-7-8-10-21(19)35-5/h7-14,16,26H,15H2,1-6H3/b24-14+. The number of carbonyl (C=O) groups is 2. The lowest BCUT2D eigenvalue weighted by Gasteiger charge is -2.25. The van der Waals surface area contributed by atoms with Crippen LogP contribution in [0.25, 0.3) is 6.08 Å². The molecule has 1 aromatic heterocycles. The van der Waals surface area contributed by atoms with Crippen molar-refractivity contribution in [1.29, 1.82) is 0 Å². The van der Waals surface area contributed by atoms with Gasteiger partial charge in [0.1, 0.15) is 5.75 Å². The molecule has 0 radical (unpaired) electrons. The normalized spacial score (nSPS) is 15.1. The van der Waals surface area contributed by atoms with Crippen molar-refractivity contribution >= 4 is 29.4 Å². The van der Waals surface area contributed by atoms with Gasteiger partial charge in [0, 0.05) is 12.5 Å². The number of ether oxygens (including phenoxy) is 4. The molecule has 0 N–H and O–H groups in total. The third-order valence-electron chi connectivity index (χ3n) is 5.97. The van der Waals surface area contributed by atoms with Gasteiger partial charge in [-0.25, -0.2) is 9.79 Å². The second kappa shape index (κ2) is 11.7. The van der Waals surface area contributed by atoms with Gasteiger partial charge >= 0.3 is 11.9 Å². The summed E-state index contributed by atoms with van der Waals surface area (Å²) < 4.78 is 23.7. The molecule has 0 saturated heterocycles. The third kappa shape index (κ3) is 5.80. The number of benzene rings is 2. The van der Waals surface area contributed by atoms with Crippen molar-refractivity contribution in [3.8, 4) is 17.2 Å². The van der Waals surface area contributed by atoms with E-state index in [1.807, 2.05) is 38.1 Å². The number of esters is 2. The monoisotopic (exact) mass is 550 g/mol. The van der Waals surface area contributed by atoms with Gasteiger partial charge in [-0.3, -0.25) is 14.2 Å². The molecule has 1 aliphatic rings. The van der Waals surface area contributed by atoms with Gasteiger partial charge in [0.15, 0.2) is 16.3 Å². The minimum absolute atomic E-state index is 0.124. The summed E-state index contributed by atoms with van der Waals surface area (Å²) in [5.41, 5.74) is 1.68. The number of hydrogen-bond donors (Lipinski definition) is 0. The summed E-state index contributed by atoms with van der Waals surface area (Å²) in [7, 11) is 3.02. The topological polar surface area (TPSA) is 105 Å². The van der Waals surface area contributed by atoms with E-state index in [0.717, 1.165) is 5.56 Å². The molecule has 39 heavy (non-hydrogen) atoms. The lowest BCUT2D eigenvalue weighted by Crippen LogP contribution is -2.40. The van der Waals surface area contributed by atoms with Crippen LogP contribution in [-0.4, -0.2) is 37.3 Å². The fraction of sp³-hybridized carbons (Fsp3) is 0.310. The smallest absolute Gasteiger partial charge is 0.338 e. The molecule has 2 heterocycles. The molecule has 0 saturated carbocycles. The zero-order chi connectivity index (χ0) is 28.3. The lowest BCUT2D eigenvalue weighted by molar-refractivity contribution is -0.140. The average Bonchev–Trinajstić information content (AvgIpc) is 3.20. The predicted octanol–water partition coefficient (Wildman–Crippen LogP) is 3.38. The Balaban J connectivity index is 1.94. The van der Waals surface area contributed by atoms with Gasteiger partial charge in [-0.2, -0.15) is 0 Å². The fourth-order valence-electron chi connectivity index (χ4n) is 4.24. The van der Waals surface area contributed by atoms with Crippen LogP contribution in [0.15, 0.2) is 63.5 Å². The fourth-order valence-corrected chi connectivity index (χ4v) is 5.28. The van der Waals surface area contributed by atoms with Gasteiger partial charge in [-0.05, 0) is 42.7 Å². The Labute approximate surface area is 229 Å². The zero-order valence-corrected chi connectivity index (χ0v) is 23.5. The maximum Gasteiger partial charge on any atom is 0.338 e. The summed E-state index contributed by atoms with van der Waals surface area (Å²) in [4.78, 5) is 43.9. The third-order valence-corrected chi connectivity index (χ3v) is 6.95. The summed E-state index contributed by atoms with van der Waals surface area (Å²) in [5.74, 6) is 0.194. The van der Waals surface area contributed by atoms with Crippen LogP contribution in [-0.2, 0) is 14.3 Å². The Kier molecular flexibility index (Phi) is 8.35. The number of allylic oxidation sites excluding steroid dienone is 1. The van der Waals surface area contributed by atoms with Crippen LogP contribution >= 0.6 is 11.3 Å². The molecule has 2 aromatic carbocycles. The van der Waals surface area contributed by atoms with E-state index in [4.69, 9.17) is 18.9 Å². The molecule has 1 unspecified atom stereocenters. The SMILES string of the molecule is COc1ccccc1/C=c1/sc2n(c1=O)C(c1ccc(OC(C)=O)c(OC)c1)C(C(=O)OCC(C)C)=C(C)N=2. The van der Waals surface area contributed by atoms with E-state index in [9.17, 15) is 14.4 Å². The highest BCUT2D eigenvalue weighted by Crippen LogP contribution is 2.36. The van der Waals surface area contributed by atoms with Crippen LogP contribution in [0.2, 0.25) is 0 Å². The summed E-state index contributed by atoms with van der Waals surface area (Å²) in [5, 5.41) is 0. The molecule has 10 heteroatoms. The first kappa shape index (κ1) is 27.8. The molecule has 0 bridgehead atoms. The van der Waals surface area contributed by atoms with E-state index in [2.05, 4.69) is 4.99 Å². The summed E-state index contributed by atoms with van der Waals surface area (Å²) in [6.45, 7) is 7.12. The highest BCUT2D eigenvalue weighted by Gasteiger charge is 2.34. The molecule has 0 aliphatic carbocycles. The first-order valence-electron chi connectivity index (χ1n) is 12.3. The number of nitrogens with zero attached hydrogens (tertiary/aromatic N) is 2. The number of thiazole rings is 1. The van der Waals surface area contributed by atoms with Crippen molar-refractivity contribution < 1.29 is 28.5 Å². The Morgan fingerprint density at radius 1 is 1.08 bits per heavy atom. The number of fused-ring (bicyclic) bond motifs is 1. The van der Waals surface area contributed by atoms with Crippen molar-refractivity contribution in [2.24, 2.45) is 10.9 Å². The Hall–Kier alpha value is -4.18. The van der Waals surface area contributed by atoms with Crippen molar-refractivity contribution in [3.63, 3.8) is 0 Å². The molecule has 0 spiro atoms. The Morgan fingerprint density at radius 2 is 1.79 bits per heavy atom. The average molecular weight is 551 g/mol.